The Morgan fingerprint density at radius 1 is 0.925 bits per heavy atom. The summed E-state index contributed by atoms with van der Waals surface area (Å²) in [6.07, 6.45) is 1.38. The van der Waals surface area contributed by atoms with Crippen LogP contribution in [0.1, 0.15) is 36.0 Å². The quantitative estimate of drug-likeness (QED) is 0.258. The minimum atomic E-state index is -4.35. The van der Waals surface area contributed by atoms with Gasteiger partial charge < -0.3 is 33.4 Å². The fraction of sp³-hybridized carbons (Fsp3) is 0.222. The average Bonchev–Trinajstić information content (AvgIpc) is 3.48. The van der Waals surface area contributed by atoms with Gasteiger partial charge >= 0.3 is 28.1 Å². The number of hydrogen-bond acceptors (Lipinski definition) is 10. The van der Waals surface area contributed by atoms with Crippen molar-refractivity contribution in [3.63, 3.8) is 0 Å². The van der Waals surface area contributed by atoms with Crippen LogP contribution in [-0.4, -0.2) is 46.2 Å². The highest BCUT2D eigenvalue weighted by atomic mass is 32.2. The maximum Gasteiger partial charge on any atom is 0.339 e. The number of rotatable bonds is 11. The molecule has 3 aromatic rings. The zero-order valence-electron chi connectivity index (χ0n) is 21.5. The molecule has 2 heterocycles. The van der Waals surface area contributed by atoms with E-state index < -0.39 is 40.7 Å². The number of carbonyl (C=O) groups excluding carboxylic acids is 3. The Morgan fingerprint density at radius 3 is 2.40 bits per heavy atom. The molecule has 1 unspecified atom stereocenters. The Morgan fingerprint density at radius 2 is 1.70 bits per heavy atom. The van der Waals surface area contributed by atoms with E-state index >= 15 is 0 Å². The first-order valence-electron chi connectivity index (χ1n) is 12.2. The van der Waals surface area contributed by atoms with Gasteiger partial charge in [0.05, 0.1) is 36.3 Å². The lowest BCUT2D eigenvalue weighted by Crippen LogP contribution is -2.47. The van der Waals surface area contributed by atoms with Crippen LogP contribution in [0.25, 0.3) is 0 Å². The van der Waals surface area contributed by atoms with Gasteiger partial charge in [0.1, 0.15) is 23.3 Å². The van der Waals surface area contributed by atoms with E-state index in [1.165, 1.54) is 30.5 Å². The molecule has 1 atom stereocenters. The van der Waals surface area contributed by atoms with Gasteiger partial charge in [0, 0.05) is 0 Å². The van der Waals surface area contributed by atoms with Crippen molar-refractivity contribution in [3.8, 4) is 11.5 Å². The summed E-state index contributed by atoms with van der Waals surface area (Å²) in [4.78, 5) is 37.7. The van der Waals surface area contributed by atoms with Gasteiger partial charge in [0.25, 0.3) is 0 Å². The molecule has 1 aliphatic heterocycles. The first-order chi connectivity index (χ1) is 19.2. The minimum absolute atomic E-state index is 0.0106. The van der Waals surface area contributed by atoms with Gasteiger partial charge in [-0.2, -0.15) is 8.42 Å². The molecule has 0 bridgehead atoms. The van der Waals surface area contributed by atoms with Crippen LogP contribution in [0.3, 0.4) is 0 Å². The average molecular weight is 571 g/mol. The number of amides is 2. The summed E-state index contributed by atoms with van der Waals surface area (Å²) in [7, 11) is -4.35. The summed E-state index contributed by atoms with van der Waals surface area (Å²) in [6.45, 7) is 3.21. The van der Waals surface area contributed by atoms with E-state index in [0.29, 0.717) is 6.61 Å². The van der Waals surface area contributed by atoms with Gasteiger partial charge in [-0.1, -0.05) is 18.2 Å². The van der Waals surface area contributed by atoms with E-state index in [0.717, 1.165) is 6.07 Å². The van der Waals surface area contributed by atoms with E-state index in [1.807, 2.05) is 0 Å². The molecule has 1 aromatic heterocycles. The van der Waals surface area contributed by atoms with Crippen LogP contribution >= 0.6 is 0 Å². The first kappa shape index (κ1) is 28.2. The number of nitrogens with one attached hydrogen (secondary N) is 2. The Balaban J connectivity index is 1.55. The summed E-state index contributed by atoms with van der Waals surface area (Å²) < 4.78 is 52.4. The second kappa shape index (κ2) is 12.4. The molecule has 0 saturated carbocycles. The normalized spacial score (nSPS) is 15.1. The molecule has 2 amide bonds. The number of ether oxygens (including phenoxy) is 3. The number of esters is 2. The molecule has 0 saturated heterocycles. The van der Waals surface area contributed by atoms with Crippen molar-refractivity contribution in [1.82, 2.24) is 10.6 Å². The molecule has 12 nitrogen and oxygen atoms in total. The van der Waals surface area contributed by atoms with Crippen molar-refractivity contribution >= 4 is 28.1 Å². The SMILES string of the molecule is CCOC(=O)C1=C(COC(=O)c2cccc(S(=O)(=O)Oc3ccccc3OCC)c2)NC(=O)NC1c1ccco1. The lowest BCUT2D eigenvalue weighted by atomic mass is 10.0. The topological polar surface area (TPSA) is 159 Å². The van der Waals surface area contributed by atoms with Crippen LogP contribution in [0.5, 0.6) is 11.5 Å². The van der Waals surface area contributed by atoms with Gasteiger partial charge in [0.2, 0.25) is 0 Å². The van der Waals surface area contributed by atoms with Crippen LogP contribution in [0.2, 0.25) is 0 Å². The van der Waals surface area contributed by atoms with Crippen LogP contribution in [0.4, 0.5) is 4.79 Å². The van der Waals surface area contributed by atoms with Crippen LogP contribution in [-0.2, 0) is 24.4 Å². The fourth-order valence-corrected chi connectivity index (χ4v) is 4.80. The molecule has 13 heteroatoms. The number of furan rings is 1. The molecule has 2 aromatic carbocycles. The highest BCUT2D eigenvalue weighted by molar-refractivity contribution is 7.87. The predicted molar refractivity (Wildman–Crippen MR) is 139 cm³/mol. The molecular formula is C27H26N2O10S. The number of benzene rings is 2. The highest BCUT2D eigenvalue weighted by Crippen LogP contribution is 2.30. The number of carbonyl (C=O) groups is 3. The van der Waals surface area contributed by atoms with Crippen LogP contribution < -0.4 is 19.6 Å². The largest absolute Gasteiger partial charge is 0.490 e. The van der Waals surface area contributed by atoms with Crippen molar-refractivity contribution in [2.45, 2.75) is 24.8 Å². The molecule has 4 rings (SSSR count). The third-order valence-corrected chi connectivity index (χ3v) is 6.76. The monoisotopic (exact) mass is 570 g/mol. The third-order valence-electron chi connectivity index (χ3n) is 5.53. The molecule has 0 radical (unpaired) electrons. The lowest BCUT2D eigenvalue weighted by molar-refractivity contribution is -0.139. The van der Waals surface area contributed by atoms with Crippen molar-refractivity contribution in [1.29, 1.82) is 0 Å². The van der Waals surface area contributed by atoms with Crippen LogP contribution in [0, 0.1) is 0 Å². The van der Waals surface area contributed by atoms with E-state index in [2.05, 4.69) is 10.6 Å². The molecule has 0 aliphatic carbocycles. The summed E-state index contributed by atoms with van der Waals surface area (Å²) in [5.41, 5.74) is -0.137. The van der Waals surface area contributed by atoms with Gasteiger partial charge in [-0.05, 0) is 56.3 Å². The zero-order valence-corrected chi connectivity index (χ0v) is 22.4. The molecule has 0 spiro atoms. The smallest absolute Gasteiger partial charge is 0.339 e. The predicted octanol–water partition coefficient (Wildman–Crippen LogP) is 3.47. The van der Waals surface area contributed by atoms with Gasteiger partial charge in [-0.3, -0.25) is 0 Å². The Hall–Kier alpha value is -4.78. The molecule has 210 valence electrons. The number of para-hydroxylation sites is 2. The molecule has 40 heavy (non-hydrogen) atoms. The van der Waals surface area contributed by atoms with Crippen molar-refractivity contribution < 1.29 is 45.6 Å². The van der Waals surface area contributed by atoms with Crippen molar-refractivity contribution in [2.75, 3.05) is 19.8 Å². The van der Waals surface area contributed by atoms with Crippen molar-refractivity contribution in [2.24, 2.45) is 0 Å². The molecule has 1 aliphatic rings. The Labute approximate surface area is 230 Å². The van der Waals surface area contributed by atoms with Gasteiger partial charge in [-0.25, -0.2) is 14.4 Å². The summed E-state index contributed by atoms with van der Waals surface area (Å²) >= 11 is 0. The third kappa shape index (κ3) is 6.43. The summed E-state index contributed by atoms with van der Waals surface area (Å²) in [5, 5.41) is 5.05. The van der Waals surface area contributed by atoms with E-state index in [-0.39, 0.29) is 45.6 Å². The highest BCUT2D eigenvalue weighted by Gasteiger charge is 2.36. The molecule has 0 fully saturated rings. The fourth-order valence-electron chi connectivity index (χ4n) is 3.81. The standard InChI is InChI=1S/C27H26N2O10S/c1-3-35-20-11-5-6-12-21(20)39-40(33,34)18-10-7-9-17(15-18)25(30)38-16-19-23(26(31)36-4-2)24(29-27(32)28-19)22-13-8-14-37-22/h5-15,24H,3-4,16H2,1-2H3,(H2,28,29,32). The first-order valence-corrected chi connectivity index (χ1v) is 13.6. The Bertz CT molecular complexity index is 1530. The van der Waals surface area contributed by atoms with E-state index in [9.17, 15) is 22.8 Å². The number of hydrogen-bond donors (Lipinski definition) is 2. The zero-order chi connectivity index (χ0) is 28.7. The van der Waals surface area contributed by atoms with E-state index in [1.54, 1.807) is 44.2 Å². The Kier molecular flexibility index (Phi) is 8.74. The maximum absolute atomic E-state index is 13.0. The maximum atomic E-state index is 13.0. The summed E-state index contributed by atoms with van der Waals surface area (Å²) in [5.74, 6) is -1.16. The van der Waals surface area contributed by atoms with Gasteiger partial charge in [-0.15, -0.1) is 0 Å². The second-order valence-corrected chi connectivity index (χ2v) is 9.73. The second-order valence-electron chi connectivity index (χ2n) is 8.18. The number of urea groups is 1. The van der Waals surface area contributed by atoms with Crippen molar-refractivity contribution in [3.05, 3.63) is 89.5 Å². The van der Waals surface area contributed by atoms with Gasteiger partial charge in [0.15, 0.2) is 11.5 Å². The van der Waals surface area contributed by atoms with Crippen LogP contribution in [0.15, 0.2) is 87.5 Å². The lowest BCUT2D eigenvalue weighted by Gasteiger charge is -2.27. The minimum Gasteiger partial charge on any atom is -0.490 e. The summed E-state index contributed by atoms with van der Waals surface area (Å²) in [6, 6.07) is 12.8. The van der Waals surface area contributed by atoms with E-state index in [4.69, 9.17) is 22.8 Å². The molecule has 2 N–H and O–H groups in total. The molecular weight excluding hydrogens is 544 g/mol.